The molecular weight excluding hydrogens is 236 g/mol. The van der Waals surface area contributed by atoms with E-state index in [4.69, 9.17) is 5.11 Å². The molecule has 0 aliphatic heterocycles. The van der Waals surface area contributed by atoms with Crippen molar-refractivity contribution in [2.24, 2.45) is 0 Å². The number of nitro benzene ring substituents is 1. The minimum absolute atomic E-state index is 0.00641. The van der Waals surface area contributed by atoms with Gasteiger partial charge in [0.1, 0.15) is 0 Å². The molecule has 18 heavy (non-hydrogen) atoms. The molecule has 6 heteroatoms. The lowest BCUT2D eigenvalue weighted by Crippen LogP contribution is -2.12. The lowest BCUT2D eigenvalue weighted by atomic mass is 10.1. The minimum atomic E-state index is -0.485. The van der Waals surface area contributed by atoms with Crippen LogP contribution < -0.4 is 5.56 Å². The highest BCUT2D eigenvalue weighted by atomic mass is 16.6. The largest absolute Gasteiger partial charge is 0.391 e. The van der Waals surface area contributed by atoms with Crippen molar-refractivity contribution in [3.63, 3.8) is 0 Å². The lowest BCUT2D eigenvalue weighted by molar-refractivity contribution is -0.384. The molecular formula is C12H10N2O4. The average Bonchev–Trinajstić information content (AvgIpc) is 2.38. The molecule has 2 N–H and O–H groups in total. The summed E-state index contributed by atoms with van der Waals surface area (Å²) in [5.74, 6) is 0. The molecule has 6 nitrogen and oxygen atoms in total. The van der Waals surface area contributed by atoms with Crippen LogP contribution in [0.3, 0.4) is 0 Å². The Morgan fingerprint density at radius 2 is 1.83 bits per heavy atom. The summed E-state index contributed by atoms with van der Waals surface area (Å²) < 4.78 is 0. The van der Waals surface area contributed by atoms with E-state index in [9.17, 15) is 14.9 Å². The molecule has 0 aliphatic carbocycles. The van der Waals surface area contributed by atoms with E-state index in [0.717, 1.165) is 0 Å². The van der Waals surface area contributed by atoms with E-state index in [0.29, 0.717) is 11.3 Å². The fourth-order valence-corrected chi connectivity index (χ4v) is 1.56. The number of nitrogens with zero attached hydrogens (tertiary/aromatic N) is 1. The second kappa shape index (κ2) is 4.80. The van der Waals surface area contributed by atoms with Crippen LogP contribution in [0.4, 0.5) is 5.69 Å². The third-order valence-corrected chi connectivity index (χ3v) is 2.55. The summed E-state index contributed by atoms with van der Waals surface area (Å²) in [6.45, 7) is -0.324. The topological polar surface area (TPSA) is 96.2 Å². The van der Waals surface area contributed by atoms with Gasteiger partial charge in [-0.05, 0) is 29.8 Å². The van der Waals surface area contributed by atoms with Crippen molar-refractivity contribution in [3.8, 4) is 11.3 Å². The van der Waals surface area contributed by atoms with Gasteiger partial charge >= 0.3 is 0 Å². The standard InChI is InChI=1S/C12H10N2O4/c15-7-9-3-6-11(13-12(9)16)8-1-4-10(5-2-8)14(17)18/h1-6,15H,7H2,(H,13,16). The monoisotopic (exact) mass is 246 g/mol. The molecule has 0 amide bonds. The SMILES string of the molecule is O=c1[nH]c(-c2ccc([N+](=O)[O-])cc2)ccc1CO. The van der Waals surface area contributed by atoms with Gasteiger partial charge in [0.25, 0.3) is 11.2 Å². The maximum atomic E-state index is 11.5. The molecule has 0 spiro atoms. The highest BCUT2D eigenvalue weighted by molar-refractivity contribution is 5.60. The Hall–Kier alpha value is -2.47. The number of non-ortho nitro benzene ring substituents is 1. The van der Waals surface area contributed by atoms with Gasteiger partial charge in [-0.2, -0.15) is 0 Å². The first kappa shape index (κ1) is 12.0. The van der Waals surface area contributed by atoms with Crippen molar-refractivity contribution in [2.75, 3.05) is 0 Å². The van der Waals surface area contributed by atoms with Gasteiger partial charge in [-0.1, -0.05) is 0 Å². The van der Waals surface area contributed by atoms with Gasteiger partial charge in [-0.25, -0.2) is 0 Å². The molecule has 0 radical (unpaired) electrons. The molecule has 0 aliphatic rings. The molecule has 0 fully saturated rings. The number of pyridine rings is 1. The summed E-state index contributed by atoms with van der Waals surface area (Å²) in [5.41, 5.74) is 1.12. The second-order valence-electron chi connectivity index (χ2n) is 3.69. The van der Waals surface area contributed by atoms with E-state index in [1.807, 2.05) is 0 Å². The van der Waals surface area contributed by atoms with Crippen molar-refractivity contribution in [3.05, 3.63) is 62.4 Å². The van der Waals surface area contributed by atoms with Crippen LogP contribution in [0.15, 0.2) is 41.2 Å². The fourth-order valence-electron chi connectivity index (χ4n) is 1.56. The number of aromatic nitrogens is 1. The van der Waals surface area contributed by atoms with Gasteiger partial charge in [0.2, 0.25) is 0 Å². The number of hydrogen-bond donors (Lipinski definition) is 2. The Kier molecular flexibility index (Phi) is 3.20. The molecule has 1 heterocycles. The van der Waals surface area contributed by atoms with E-state index in [1.54, 1.807) is 18.2 Å². The van der Waals surface area contributed by atoms with Crippen LogP contribution in [0, 0.1) is 10.1 Å². The molecule has 92 valence electrons. The summed E-state index contributed by atoms with van der Waals surface area (Å²) in [4.78, 5) is 24.1. The number of rotatable bonds is 3. The van der Waals surface area contributed by atoms with Crippen LogP contribution in [-0.2, 0) is 6.61 Å². The number of aliphatic hydroxyl groups excluding tert-OH is 1. The summed E-state index contributed by atoms with van der Waals surface area (Å²) in [6, 6.07) is 9.02. The molecule has 0 unspecified atom stereocenters. The van der Waals surface area contributed by atoms with Gasteiger partial charge < -0.3 is 10.1 Å². The van der Waals surface area contributed by atoms with Gasteiger partial charge in [-0.3, -0.25) is 14.9 Å². The van der Waals surface area contributed by atoms with E-state index in [1.165, 1.54) is 18.2 Å². The van der Waals surface area contributed by atoms with Crippen LogP contribution in [0.25, 0.3) is 11.3 Å². The van der Waals surface area contributed by atoms with E-state index in [2.05, 4.69) is 4.98 Å². The zero-order valence-electron chi connectivity index (χ0n) is 9.29. The average molecular weight is 246 g/mol. The predicted molar refractivity (Wildman–Crippen MR) is 65.1 cm³/mol. The van der Waals surface area contributed by atoms with Crippen LogP contribution in [0.2, 0.25) is 0 Å². The number of H-pyrrole nitrogens is 1. The smallest absolute Gasteiger partial charge is 0.269 e. The quantitative estimate of drug-likeness (QED) is 0.632. The van der Waals surface area contributed by atoms with E-state index >= 15 is 0 Å². The zero-order chi connectivity index (χ0) is 13.1. The van der Waals surface area contributed by atoms with Crippen molar-refractivity contribution in [1.82, 2.24) is 4.98 Å². The third kappa shape index (κ3) is 2.28. The Bertz CT molecular complexity index is 631. The van der Waals surface area contributed by atoms with Crippen LogP contribution >= 0.6 is 0 Å². The van der Waals surface area contributed by atoms with Crippen LogP contribution in [0.1, 0.15) is 5.56 Å². The van der Waals surface area contributed by atoms with Crippen molar-refractivity contribution < 1.29 is 10.0 Å². The highest BCUT2D eigenvalue weighted by Gasteiger charge is 2.06. The molecule has 1 aromatic carbocycles. The maximum Gasteiger partial charge on any atom is 0.269 e. The van der Waals surface area contributed by atoms with Crippen molar-refractivity contribution in [2.45, 2.75) is 6.61 Å². The summed E-state index contributed by atoms with van der Waals surface area (Å²) >= 11 is 0. The molecule has 2 rings (SSSR count). The molecule has 0 atom stereocenters. The molecule has 2 aromatic rings. The Labute approximate surface area is 102 Å². The number of hydrogen-bond acceptors (Lipinski definition) is 4. The fraction of sp³-hybridized carbons (Fsp3) is 0.0833. The van der Waals surface area contributed by atoms with Gasteiger partial charge in [0, 0.05) is 23.4 Å². The number of nitro groups is 1. The maximum absolute atomic E-state index is 11.5. The van der Waals surface area contributed by atoms with Crippen molar-refractivity contribution in [1.29, 1.82) is 0 Å². The van der Waals surface area contributed by atoms with Crippen molar-refractivity contribution >= 4 is 5.69 Å². The number of nitrogens with one attached hydrogen (secondary N) is 1. The zero-order valence-corrected chi connectivity index (χ0v) is 9.29. The number of aliphatic hydroxyl groups is 1. The third-order valence-electron chi connectivity index (χ3n) is 2.55. The minimum Gasteiger partial charge on any atom is -0.391 e. The van der Waals surface area contributed by atoms with Crippen LogP contribution in [0.5, 0.6) is 0 Å². The molecule has 1 aromatic heterocycles. The lowest BCUT2D eigenvalue weighted by Gasteiger charge is -2.02. The van der Waals surface area contributed by atoms with Gasteiger partial charge in [0.15, 0.2) is 0 Å². The van der Waals surface area contributed by atoms with Gasteiger partial charge in [0.05, 0.1) is 11.5 Å². The molecule has 0 saturated heterocycles. The van der Waals surface area contributed by atoms with E-state index in [-0.39, 0.29) is 23.4 Å². The normalized spacial score (nSPS) is 10.3. The number of benzene rings is 1. The Balaban J connectivity index is 2.40. The van der Waals surface area contributed by atoms with Crippen LogP contribution in [-0.4, -0.2) is 15.0 Å². The predicted octanol–water partition coefficient (Wildman–Crippen LogP) is 1.44. The Morgan fingerprint density at radius 1 is 1.17 bits per heavy atom. The highest BCUT2D eigenvalue weighted by Crippen LogP contribution is 2.19. The molecule has 0 bridgehead atoms. The molecule has 0 saturated carbocycles. The first-order valence-corrected chi connectivity index (χ1v) is 5.19. The first-order chi connectivity index (χ1) is 8.61. The number of aromatic amines is 1. The Morgan fingerprint density at radius 3 is 2.33 bits per heavy atom. The first-order valence-electron chi connectivity index (χ1n) is 5.19. The van der Waals surface area contributed by atoms with Gasteiger partial charge in [-0.15, -0.1) is 0 Å². The second-order valence-corrected chi connectivity index (χ2v) is 3.69. The summed E-state index contributed by atoms with van der Waals surface area (Å²) in [5, 5.41) is 19.4. The summed E-state index contributed by atoms with van der Waals surface area (Å²) in [7, 11) is 0. The van der Waals surface area contributed by atoms with E-state index < -0.39 is 4.92 Å². The summed E-state index contributed by atoms with van der Waals surface area (Å²) in [6.07, 6.45) is 0.